The molecule has 0 aromatic heterocycles. The van der Waals surface area contributed by atoms with Crippen molar-refractivity contribution < 1.29 is 40.7 Å². The monoisotopic (exact) mass is 652 g/mol. The van der Waals surface area contributed by atoms with Crippen LogP contribution in [0.1, 0.15) is 35.3 Å². The van der Waals surface area contributed by atoms with Gasteiger partial charge in [0.25, 0.3) is 10.0 Å². The molecule has 46 heavy (non-hydrogen) atoms. The van der Waals surface area contributed by atoms with Crippen LogP contribution in [0, 0.1) is 0 Å². The van der Waals surface area contributed by atoms with Crippen molar-refractivity contribution in [3.63, 3.8) is 0 Å². The molecule has 0 radical (unpaired) electrons. The first-order valence-electron chi connectivity index (χ1n) is 14.5. The minimum atomic E-state index is -4.52. The van der Waals surface area contributed by atoms with E-state index in [1.807, 2.05) is 0 Å². The highest BCUT2D eigenvalue weighted by molar-refractivity contribution is 7.93. The van der Waals surface area contributed by atoms with E-state index in [2.05, 4.69) is 5.32 Å². The molecule has 1 atom stereocenters. The molecule has 12 heteroatoms. The minimum Gasteiger partial charge on any atom is -0.491 e. The molecule has 5 rings (SSSR count). The number of anilines is 1. The highest BCUT2D eigenvalue weighted by Crippen LogP contribution is 2.38. The van der Waals surface area contributed by atoms with Crippen LogP contribution >= 0.6 is 0 Å². The lowest BCUT2D eigenvalue weighted by Gasteiger charge is -2.26. The number of carbonyl (C=O) groups is 2. The third-order valence-corrected chi connectivity index (χ3v) is 9.11. The molecule has 240 valence electrons. The number of amides is 1. The fourth-order valence-electron chi connectivity index (χ4n) is 5.15. The van der Waals surface area contributed by atoms with Crippen molar-refractivity contribution in [2.24, 2.45) is 0 Å². The summed E-state index contributed by atoms with van der Waals surface area (Å²) in [6.45, 7) is 3.49. The number of para-hydroxylation sites is 2. The highest BCUT2D eigenvalue weighted by Gasteiger charge is 2.42. The van der Waals surface area contributed by atoms with Crippen LogP contribution in [0.3, 0.4) is 0 Å². The maximum atomic E-state index is 14.0. The van der Waals surface area contributed by atoms with Gasteiger partial charge >= 0.3 is 12.1 Å². The number of nitrogens with one attached hydrogen (secondary N) is 1. The van der Waals surface area contributed by atoms with Gasteiger partial charge < -0.3 is 14.8 Å². The Hall–Kier alpha value is -4.84. The van der Waals surface area contributed by atoms with Gasteiger partial charge in [-0.1, -0.05) is 54.6 Å². The smallest absolute Gasteiger partial charge is 0.416 e. The lowest BCUT2D eigenvalue weighted by molar-refractivity contribution is -0.137. The minimum absolute atomic E-state index is 0.00112. The molecule has 0 spiro atoms. The molecule has 4 aromatic carbocycles. The fourth-order valence-corrected chi connectivity index (χ4v) is 6.80. The third-order valence-electron chi connectivity index (χ3n) is 7.27. The van der Waals surface area contributed by atoms with Gasteiger partial charge in [0.2, 0.25) is 5.91 Å². The van der Waals surface area contributed by atoms with E-state index in [1.165, 1.54) is 36.4 Å². The summed E-state index contributed by atoms with van der Waals surface area (Å²) < 4.78 is 79.7. The van der Waals surface area contributed by atoms with Gasteiger partial charge in [0.15, 0.2) is 0 Å². The quantitative estimate of drug-likeness (QED) is 0.161. The SMILES string of the molecule is CC(C)OC(=O)c1ccccc1OCCNC(=O)[C@@H]1Cc2ccccc2N1S(=O)(=O)c1ccc(-c2cccc(C(F)(F)F)c2)cc1. The van der Waals surface area contributed by atoms with Crippen molar-refractivity contribution in [2.45, 2.75) is 43.5 Å². The van der Waals surface area contributed by atoms with Crippen LogP contribution < -0.4 is 14.4 Å². The van der Waals surface area contributed by atoms with Gasteiger partial charge in [0.1, 0.15) is 24.0 Å². The molecule has 1 aliphatic heterocycles. The molecule has 0 saturated heterocycles. The average molecular weight is 653 g/mol. The van der Waals surface area contributed by atoms with Gasteiger partial charge in [-0.05, 0) is 73.0 Å². The van der Waals surface area contributed by atoms with Crippen LogP contribution in [0.4, 0.5) is 18.9 Å². The highest BCUT2D eigenvalue weighted by atomic mass is 32.2. The Balaban J connectivity index is 1.31. The first kappa shape index (κ1) is 32.6. The lowest BCUT2D eigenvalue weighted by atomic mass is 10.0. The Labute approximate surface area is 264 Å². The van der Waals surface area contributed by atoms with E-state index in [0.717, 1.165) is 16.4 Å². The van der Waals surface area contributed by atoms with Gasteiger partial charge in [-0.2, -0.15) is 13.2 Å². The molecule has 0 aliphatic carbocycles. The van der Waals surface area contributed by atoms with E-state index in [0.29, 0.717) is 16.8 Å². The van der Waals surface area contributed by atoms with E-state index >= 15 is 0 Å². The van der Waals surface area contributed by atoms with Crippen molar-refractivity contribution in [3.8, 4) is 16.9 Å². The van der Waals surface area contributed by atoms with Crippen LogP contribution in [0.2, 0.25) is 0 Å². The summed E-state index contributed by atoms with van der Waals surface area (Å²) in [5.41, 5.74) is 1.14. The number of rotatable bonds is 10. The molecule has 8 nitrogen and oxygen atoms in total. The Kier molecular flexibility index (Phi) is 9.38. The van der Waals surface area contributed by atoms with Crippen molar-refractivity contribution in [1.29, 1.82) is 0 Å². The molecular formula is C34H31F3N2O6S. The number of esters is 1. The molecular weight excluding hydrogens is 621 g/mol. The largest absolute Gasteiger partial charge is 0.491 e. The van der Waals surface area contributed by atoms with Crippen molar-refractivity contribution in [1.82, 2.24) is 5.32 Å². The van der Waals surface area contributed by atoms with Crippen molar-refractivity contribution in [3.05, 3.63) is 114 Å². The number of benzene rings is 4. The lowest BCUT2D eigenvalue weighted by Crippen LogP contribution is -2.48. The summed E-state index contributed by atoms with van der Waals surface area (Å²) in [6, 6.07) is 22.5. The predicted octanol–water partition coefficient (Wildman–Crippen LogP) is 6.25. The van der Waals surface area contributed by atoms with Crippen LogP contribution in [0.5, 0.6) is 5.75 Å². The summed E-state index contributed by atoms with van der Waals surface area (Å²) in [7, 11) is -4.27. The standard InChI is InChI=1S/C34H31F3N2O6S/c1-22(2)45-33(41)28-11-4-6-13-31(28)44-19-18-38-32(40)30-21-25-8-3-5-12-29(25)39(30)46(42,43)27-16-14-23(15-17-27)24-9-7-10-26(20-24)34(35,36)37/h3-17,20,22,30H,18-19,21H2,1-2H3,(H,38,40)/t30-/m0/s1. The molecule has 1 aliphatic rings. The summed E-state index contributed by atoms with van der Waals surface area (Å²) >= 11 is 0. The molecule has 1 heterocycles. The van der Waals surface area contributed by atoms with Gasteiger partial charge in [-0.25, -0.2) is 13.2 Å². The second-order valence-corrected chi connectivity index (χ2v) is 12.7. The normalized spacial score (nSPS) is 14.6. The first-order valence-corrected chi connectivity index (χ1v) is 15.9. The van der Waals surface area contributed by atoms with Crippen molar-refractivity contribution >= 4 is 27.6 Å². The fraction of sp³-hybridized carbons (Fsp3) is 0.235. The number of fused-ring (bicyclic) bond motifs is 1. The zero-order chi connectivity index (χ0) is 33.1. The molecule has 0 unspecified atom stereocenters. The number of sulfonamides is 1. The molecule has 0 bridgehead atoms. The predicted molar refractivity (Wildman–Crippen MR) is 166 cm³/mol. The summed E-state index contributed by atoms with van der Waals surface area (Å²) in [4.78, 5) is 25.7. The summed E-state index contributed by atoms with van der Waals surface area (Å²) in [5, 5.41) is 2.73. The number of carbonyl (C=O) groups excluding carboxylic acids is 2. The van der Waals surface area contributed by atoms with Crippen LogP contribution in [-0.4, -0.2) is 45.6 Å². The molecule has 1 amide bonds. The Morgan fingerprint density at radius 2 is 1.61 bits per heavy atom. The van der Waals surface area contributed by atoms with Crippen molar-refractivity contribution in [2.75, 3.05) is 17.5 Å². The van der Waals surface area contributed by atoms with Gasteiger partial charge in [-0.3, -0.25) is 9.10 Å². The van der Waals surface area contributed by atoms with E-state index in [4.69, 9.17) is 9.47 Å². The van der Waals surface area contributed by atoms with Gasteiger partial charge in [0.05, 0.1) is 28.8 Å². The van der Waals surface area contributed by atoms with Crippen LogP contribution in [0.25, 0.3) is 11.1 Å². The average Bonchev–Trinajstić information content (AvgIpc) is 3.43. The molecule has 1 N–H and O–H groups in total. The zero-order valence-corrected chi connectivity index (χ0v) is 25.8. The Morgan fingerprint density at radius 1 is 0.913 bits per heavy atom. The number of hydrogen-bond donors (Lipinski definition) is 1. The van der Waals surface area contributed by atoms with E-state index in [9.17, 15) is 31.2 Å². The topological polar surface area (TPSA) is 102 Å². The van der Waals surface area contributed by atoms with Crippen LogP contribution in [0.15, 0.2) is 102 Å². The number of ether oxygens (including phenoxy) is 2. The van der Waals surface area contributed by atoms with E-state index in [1.54, 1.807) is 62.4 Å². The van der Waals surface area contributed by atoms with Gasteiger partial charge in [-0.15, -0.1) is 0 Å². The Morgan fingerprint density at radius 3 is 2.33 bits per heavy atom. The molecule has 4 aromatic rings. The maximum Gasteiger partial charge on any atom is 0.416 e. The zero-order valence-electron chi connectivity index (χ0n) is 25.0. The van der Waals surface area contributed by atoms with Gasteiger partial charge in [0, 0.05) is 6.42 Å². The number of halogens is 3. The maximum absolute atomic E-state index is 14.0. The van der Waals surface area contributed by atoms with Crippen LogP contribution in [-0.2, 0) is 32.2 Å². The molecule has 0 fully saturated rings. The second-order valence-electron chi connectivity index (χ2n) is 10.8. The second kappa shape index (κ2) is 13.3. The first-order chi connectivity index (χ1) is 21.9. The number of hydrogen-bond acceptors (Lipinski definition) is 6. The van der Waals surface area contributed by atoms with E-state index < -0.39 is 39.7 Å². The third kappa shape index (κ3) is 7.02. The number of alkyl halides is 3. The summed E-state index contributed by atoms with van der Waals surface area (Å²) in [6.07, 6.45) is -4.70. The Bertz CT molecular complexity index is 1840. The summed E-state index contributed by atoms with van der Waals surface area (Å²) in [5.74, 6) is -0.799. The number of nitrogens with zero attached hydrogens (tertiary/aromatic N) is 1. The van der Waals surface area contributed by atoms with E-state index in [-0.39, 0.29) is 47.4 Å². The molecule has 0 saturated carbocycles.